The zero-order valence-electron chi connectivity index (χ0n) is 13.3. The summed E-state index contributed by atoms with van der Waals surface area (Å²) in [7, 11) is 0. The van der Waals surface area contributed by atoms with Crippen LogP contribution in [-0.2, 0) is 11.2 Å². The Hall–Kier alpha value is -1.76. The molecule has 0 aliphatic carbocycles. The molecule has 0 saturated carbocycles. The number of amides is 1. The third-order valence-corrected chi connectivity index (χ3v) is 3.82. The van der Waals surface area contributed by atoms with Crippen LogP contribution in [0.2, 0.25) is 0 Å². The average Bonchev–Trinajstić information content (AvgIpc) is 2.52. The van der Waals surface area contributed by atoms with Gasteiger partial charge in [0.1, 0.15) is 0 Å². The number of carbonyl (C=O) groups is 1. The molecule has 0 heterocycles. The van der Waals surface area contributed by atoms with Gasteiger partial charge in [-0.3, -0.25) is 4.79 Å². The Morgan fingerprint density at radius 2 is 1.65 bits per heavy atom. The number of benzene rings is 2. The van der Waals surface area contributed by atoms with Crippen molar-refractivity contribution >= 4 is 34.2 Å². The fraction of sp³-hybridized carbons (Fsp3) is 0.278. The summed E-state index contributed by atoms with van der Waals surface area (Å²) in [5, 5.41) is 2.89. The smallest absolute Gasteiger partial charge is 0.228 e. The van der Waals surface area contributed by atoms with Crippen LogP contribution in [0.4, 0.5) is 5.69 Å². The largest absolute Gasteiger partial charge is 0.490 e. The molecule has 2 rings (SSSR count). The maximum atomic E-state index is 12.2. The molecule has 0 aromatic heterocycles. The van der Waals surface area contributed by atoms with Gasteiger partial charge in [-0.15, -0.1) is 0 Å². The minimum absolute atomic E-state index is 0.0576. The highest BCUT2D eigenvalue weighted by Gasteiger charge is 2.09. The Kier molecular flexibility index (Phi) is 6.70. The predicted molar refractivity (Wildman–Crippen MR) is 100 cm³/mol. The molecular weight excluding hydrogens is 405 g/mol. The summed E-state index contributed by atoms with van der Waals surface area (Å²) in [6, 6.07) is 13.3. The molecule has 23 heavy (non-hydrogen) atoms. The Morgan fingerprint density at radius 1 is 1.00 bits per heavy atom. The number of anilines is 1. The molecule has 2 aromatic rings. The third-order valence-electron chi connectivity index (χ3n) is 3.10. The van der Waals surface area contributed by atoms with E-state index in [1.54, 1.807) is 0 Å². The molecule has 4 nitrogen and oxygen atoms in total. The van der Waals surface area contributed by atoms with Gasteiger partial charge in [0.15, 0.2) is 11.5 Å². The van der Waals surface area contributed by atoms with Crippen molar-refractivity contribution in [2.75, 3.05) is 18.5 Å². The number of rotatable bonds is 7. The summed E-state index contributed by atoms with van der Waals surface area (Å²) in [6.07, 6.45) is 0.290. The van der Waals surface area contributed by atoms with E-state index < -0.39 is 0 Å². The minimum atomic E-state index is -0.0576. The van der Waals surface area contributed by atoms with Crippen LogP contribution in [0.25, 0.3) is 0 Å². The molecule has 0 fully saturated rings. The molecule has 0 aliphatic rings. The Bertz CT molecular complexity index is 656. The maximum Gasteiger partial charge on any atom is 0.228 e. The van der Waals surface area contributed by atoms with Crippen molar-refractivity contribution in [1.29, 1.82) is 0 Å². The molecule has 1 N–H and O–H groups in total. The highest BCUT2D eigenvalue weighted by molar-refractivity contribution is 14.1. The number of carbonyl (C=O) groups excluding carboxylic acids is 1. The van der Waals surface area contributed by atoms with Crippen molar-refractivity contribution in [1.82, 2.24) is 0 Å². The van der Waals surface area contributed by atoms with Crippen molar-refractivity contribution in [2.45, 2.75) is 20.3 Å². The van der Waals surface area contributed by atoms with E-state index >= 15 is 0 Å². The lowest BCUT2D eigenvalue weighted by molar-refractivity contribution is -0.115. The van der Waals surface area contributed by atoms with E-state index in [0.717, 1.165) is 14.8 Å². The average molecular weight is 425 g/mol. The maximum absolute atomic E-state index is 12.2. The number of hydrogen-bond acceptors (Lipinski definition) is 3. The molecule has 0 bridgehead atoms. The van der Waals surface area contributed by atoms with E-state index in [1.165, 1.54) is 0 Å². The van der Waals surface area contributed by atoms with Gasteiger partial charge < -0.3 is 14.8 Å². The summed E-state index contributed by atoms with van der Waals surface area (Å²) in [5.41, 5.74) is 1.69. The van der Waals surface area contributed by atoms with Crippen LogP contribution in [0.3, 0.4) is 0 Å². The van der Waals surface area contributed by atoms with Crippen LogP contribution in [0.5, 0.6) is 11.5 Å². The van der Waals surface area contributed by atoms with Crippen LogP contribution in [0.15, 0.2) is 42.5 Å². The van der Waals surface area contributed by atoms with E-state index in [2.05, 4.69) is 27.9 Å². The fourth-order valence-corrected chi connectivity index (χ4v) is 2.49. The molecule has 2 aromatic carbocycles. The lowest BCUT2D eigenvalue weighted by Crippen LogP contribution is -2.14. The van der Waals surface area contributed by atoms with Crippen molar-refractivity contribution < 1.29 is 14.3 Å². The number of nitrogens with one attached hydrogen (secondary N) is 1. The van der Waals surface area contributed by atoms with Gasteiger partial charge in [0.2, 0.25) is 5.91 Å². The summed E-state index contributed by atoms with van der Waals surface area (Å²) in [5.74, 6) is 1.32. The van der Waals surface area contributed by atoms with Gasteiger partial charge in [-0.2, -0.15) is 0 Å². The highest BCUT2D eigenvalue weighted by atomic mass is 127. The second-order valence-corrected chi connectivity index (χ2v) is 6.12. The molecule has 0 saturated heterocycles. The van der Waals surface area contributed by atoms with Gasteiger partial charge in [-0.1, -0.05) is 6.07 Å². The van der Waals surface area contributed by atoms with Crippen LogP contribution < -0.4 is 14.8 Å². The van der Waals surface area contributed by atoms with Crippen molar-refractivity contribution in [2.24, 2.45) is 0 Å². The van der Waals surface area contributed by atoms with Gasteiger partial charge in [0.05, 0.1) is 19.6 Å². The topological polar surface area (TPSA) is 47.6 Å². The zero-order chi connectivity index (χ0) is 16.7. The molecule has 0 spiro atoms. The molecule has 0 unspecified atom stereocenters. The van der Waals surface area contributed by atoms with Crippen LogP contribution in [0, 0.1) is 3.57 Å². The number of halogens is 1. The zero-order valence-corrected chi connectivity index (χ0v) is 15.4. The quantitative estimate of drug-likeness (QED) is 0.675. The fourth-order valence-electron chi connectivity index (χ4n) is 2.13. The SMILES string of the molecule is CCOc1ccc(CC(=O)Nc2ccc(I)cc2)cc1OCC. The van der Waals surface area contributed by atoms with Crippen molar-refractivity contribution in [3.63, 3.8) is 0 Å². The molecule has 0 radical (unpaired) electrons. The minimum Gasteiger partial charge on any atom is -0.490 e. The monoisotopic (exact) mass is 425 g/mol. The Labute approximate surface area is 150 Å². The molecule has 122 valence electrons. The van der Waals surface area contributed by atoms with Gasteiger partial charge in [-0.05, 0) is 78.4 Å². The first kappa shape index (κ1) is 17.6. The van der Waals surface area contributed by atoms with E-state index in [1.807, 2.05) is 56.3 Å². The Balaban J connectivity index is 2.05. The second-order valence-electron chi connectivity index (χ2n) is 4.88. The van der Waals surface area contributed by atoms with Crippen molar-refractivity contribution in [3.8, 4) is 11.5 Å². The lowest BCUT2D eigenvalue weighted by Gasteiger charge is -2.12. The second kappa shape index (κ2) is 8.76. The van der Waals surface area contributed by atoms with E-state index in [0.29, 0.717) is 31.1 Å². The first-order chi connectivity index (χ1) is 11.1. The van der Waals surface area contributed by atoms with Crippen LogP contribution >= 0.6 is 22.6 Å². The summed E-state index contributed by atoms with van der Waals surface area (Å²) >= 11 is 2.23. The van der Waals surface area contributed by atoms with Crippen LogP contribution in [-0.4, -0.2) is 19.1 Å². The van der Waals surface area contributed by atoms with Crippen molar-refractivity contribution in [3.05, 3.63) is 51.6 Å². The summed E-state index contributed by atoms with van der Waals surface area (Å²) < 4.78 is 12.2. The third kappa shape index (κ3) is 5.42. The van der Waals surface area contributed by atoms with E-state index in [4.69, 9.17) is 9.47 Å². The normalized spacial score (nSPS) is 10.2. The first-order valence-corrected chi connectivity index (χ1v) is 8.64. The number of hydrogen-bond donors (Lipinski definition) is 1. The van der Waals surface area contributed by atoms with Gasteiger partial charge >= 0.3 is 0 Å². The summed E-state index contributed by atoms with van der Waals surface area (Å²) in [4.78, 5) is 12.2. The molecule has 5 heteroatoms. The lowest BCUT2D eigenvalue weighted by atomic mass is 10.1. The standard InChI is InChI=1S/C18H20INO3/c1-3-22-16-10-5-13(11-17(16)23-4-2)12-18(21)20-15-8-6-14(19)7-9-15/h5-11H,3-4,12H2,1-2H3,(H,20,21). The summed E-state index contributed by atoms with van der Waals surface area (Å²) in [6.45, 7) is 4.98. The molecule has 0 atom stereocenters. The molecule has 0 aliphatic heterocycles. The highest BCUT2D eigenvalue weighted by Crippen LogP contribution is 2.28. The first-order valence-electron chi connectivity index (χ1n) is 7.56. The van der Waals surface area contributed by atoms with Gasteiger partial charge in [0, 0.05) is 9.26 Å². The Morgan fingerprint density at radius 3 is 2.30 bits per heavy atom. The number of ether oxygens (including phenoxy) is 2. The van der Waals surface area contributed by atoms with Gasteiger partial charge in [-0.25, -0.2) is 0 Å². The van der Waals surface area contributed by atoms with Gasteiger partial charge in [0.25, 0.3) is 0 Å². The predicted octanol–water partition coefficient (Wildman–Crippen LogP) is 4.27. The van der Waals surface area contributed by atoms with E-state index in [-0.39, 0.29) is 5.91 Å². The molecular formula is C18H20INO3. The van der Waals surface area contributed by atoms with E-state index in [9.17, 15) is 4.79 Å². The van der Waals surface area contributed by atoms with Crippen LogP contribution in [0.1, 0.15) is 19.4 Å². The molecule has 1 amide bonds.